The van der Waals surface area contributed by atoms with Gasteiger partial charge in [-0.25, -0.2) is 18.0 Å². The lowest BCUT2D eigenvalue weighted by Crippen LogP contribution is -2.13. The minimum atomic E-state index is -3.48. The molecule has 0 spiro atoms. The molecule has 0 aliphatic rings. The molecule has 2 aromatic carbocycles. The van der Waals surface area contributed by atoms with Gasteiger partial charge in [-0.15, -0.1) is 11.3 Å². The third kappa shape index (κ3) is 5.44. The van der Waals surface area contributed by atoms with Crippen molar-refractivity contribution in [2.24, 2.45) is 0 Å². The highest BCUT2D eigenvalue weighted by molar-refractivity contribution is 7.90. The summed E-state index contributed by atoms with van der Waals surface area (Å²) in [5.41, 5.74) is 1.78. The van der Waals surface area contributed by atoms with E-state index < -0.39 is 9.84 Å². The fourth-order valence-corrected chi connectivity index (χ4v) is 5.07. The van der Waals surface area contributed by atoms with E-state index in [0.717, 1.165) is 0 Å². The lowest BCUT2D eigenvalue weighted by molar-refractivity contribution is -0.116. The van der Waals surface area contributed by atoms with Crippen molar-refractivity contribution >= 4 is 43.8 Å². The molecule has 0 aliphatic carbocycles. The van der Waals surface area contributed by atoms with Crippen LogP contribution in [0.5, 0.6) is 5.75 Å². The number of amides is 1. The Morgan fingerprint density at radius 1 is 1.10 bits per heavy atom. The molecule has 1 amide bonds. The first kappa shape index (κ1) is 20.9. The molecule has 0 fully saturated rings. The molecule has 0 unspecified atom stereocenters. The number of sulfone groups is 1. The average molecular weight is 459 g/mol. The second-order valence-corrected chi connectivity index (χ2v) is 9.59. The predicted octanol–water partition coefficient (Wildman–Crippen LogP) is 3.45. The van der Waals surface area contributed by atoms with Crippen LogP contribution in [0.4, 0.5) is 5.69 Å². The van der Waals surface area contributed by atoms with Crippen LogP contribution in [-0.4, -0.2) is 36.2 Å². The zero-order valence-electron chi connectivity index (χ0n) is 16.2. The monoisotopic (exact) mass is 458 g/mol. The Morgan fingerprint density at radius 2 is 1.90 bits per heavy atom. The lowest BCUT2D eigenvalue weighted by Gasteiger charge is -2.08. The number of carbonyl (C=O) groups is 1. The van der Waals surface area contributed by atoms with Gasteiger partial charge in [0.2, 0.25) is 5.91 Å². The van der Waals surface area contributed by atoms with Gasteiger partial charge in [0.05, 0.1) is 11.5 Å². The second kappa shape index (κ2) is 9.23. The fraction of sp³-hybridized carbons (Fsp3) is 0.200. The number of hydrogen-bond donors (Lipinski definition) is 1. The van der Waals surface area contributed by atoms with Crippen molar-refractivity contribution in [3.63, 3.8) is 0 Å². The molecule has 0 aliphatic heterocycles. The van der Waals surface area contributed by atoms with Gasteiger partial charge in [-0.2, -0.15) is 0 Å². The molecule has 4 rings (SSSR count). The highest BCUT2D eigenvalue weighted by Gasteiger charge is 2.17. The summed E-state index contributed by atoms with van der Waals surface area (Å²) in [7, 11) is -3.48. The number of ether oxygens (including phenoxy) is 1. The first-order valence-electron chi connectivity index (χ1n) is 9.36. The van der Waals surface area contributed by atoms with E-state index in [1.165, 1.54) is 23.5 Å². The van der Waals surface area contributed by atoms with Gasteiger partial charge in [-0.1, -0.05) is 0 Å². The Kier molecular flexibility index (Phi) is 6.23. The Labute approximate surface area is 181 Å². The van der Waals surface area contributed by atoms with Crippen molar-refractivity contribution in [3.05, 3.63) is 59.0 Å². The molecule has 0 radical (unpaired) electrons. The molecule has 11 heteroatoms. The van der Waals surface area contributed by atoms with Crippen LogP contribution >= 0.6 is 11.3 Å². The second-order valence-electron chi connectivity index (χ2n) is 6.62. The number of thiazole rings is 1. The molecular formula is C20H18N4O5S2. The van der Waals surface area contributed by atoms with Gasteiger partial charge in [0.15, 0.2) is 9.84 Å². The Morgan fingerprint density at radius 3 is 2.68 bits per heavy atom. The van der Waals surface area contributed by atoms with Gasteiger partial charge in [-0.3, -0.25) is 4.79 Å². The summed E-state index contributed by atoms with van der Waals surface area (Å²) in [4.78, 5) is 16.3. The number of nitrogens with one attached hydrogen (secondary N) is 1. The van der Waals surface area contributed by atoms with E-state index >= 15 is 0 Å². The van der Waals surface area contributed by atoms with Crippen LogP contribution in [0.25, 0.3) is 11.0 Å². The summed E-state index contributed by atoms with van der Waals surface area (Å²) < 4.78 is 35.1. The molecule has 2 heterocycles. The van der Waals surface area contributed by atoms with Crippen LogP contribution in [0.3, 0.4) is 0 Å². The quantitative estimate of drug-likeness (QED) is 0.378. The van der Waals surface area contributed by atoms with Crippen molar-refractivity contribution in [2.75, 3.05) is 11.9 Å². The van der Waals surface area contributed by atoms with E-state index in [0.29, 0.717) is 40.5 Å². The first-order chi connectivity index (χ1) is 15.0. The number of benzene rings is 2. The van der Waals surface area contributed by atoms with Crippen LogP contribution in [0.2, 0.25) is 0 Å². The average Bonchev–Trinajstić information content (AvgIpc) is 3.42. The van der Waals surface area contributed by atoms with Crippen LogP contribution < -0.4 is 10.1 Å². The SMILES string of the molecule is O=C(CCCOc1ccc2nonc2c1)Nc1ccc(S(=O)(=O)Cc2nccs2)cc1. The number of anilines is 1. The topological polar surface area (TPSA) is 124 Å². The van der Waals surface area contributed by atoms with E-state index in [1.54, 1.807) is 41.9 Å². The molecule has 0 bridgehead atoms. The predicted molar refractivity (Wildman–Crippen MR) is 115 cm³/mol. The van der Waals surface area contributed by atoms with Gasteiger partial charge >= 0.3 is 0 Å². The third-order valence-electron chi connectivity index (χ3n) is 4.34. The summed E-state index contributed by atoms with van der Waals surface area (Å²) >= 11 is 1.30. The summed E-state index contributed by atoms with van der Waals surface area (Å²) in [6.07, 6.45) is 2.35. The highest BCUT2D eigenvalue weighted by atomic mass is 32.2. The minimum absolute atomic E-state index is 0.142. The van der Waals surface area contributed by atoms with Crippen LogP contribution in [0.15, 0.2) is 63.6 Å². The van der Waals surface area contributed by atoms with E-state index in [9.17, 15) is 13.2 Å². The van der Waals surface area contributed by atoms with Crippen molar-refractivity contribution in [2.45, 2.75) is 23.5 Å². The molecule has 160 valence electrons. The van der Waals surface area contributed by atoms with Crippen LogP contribution in [0, 0.1) is 0 Å². The number of fused-ring (bicyclic) bond motifs is 1. The van der Waals surface area contributed by atoms with E-state index in [2.05, 4.69) is 25.2 Å². The fourth-order valence-electron chi connectivity index (χ4n) is 2.81. The maximum atomic E-state index is 12.4. The molecule has 0 saturated heterocycles. The van der Waals surface area contributed by atoms with Crippen molar-refractivity contribution in [3.8, 4) is 5.75 Å². The van der Waals surface area contributed by atoms with E-state index in [1.807, 2.05) is 0 Å². The molecule has 1 N–H and O–H groups in total. The minimum Gasteiger partial charge on any atom is -0.493 e. The van der Waals surface area contributed by atoms with Crippen LogP contribution in [-0.2, 0) is 20.4 Å². The van der Waals surface area contributed by atoms with E-state index in [4.69, 9.17) is 4.74 Å². The molecule has 2 aromatic heterocycles. The molecule has 0 saturated carbocycles. The zero-order valence-corrected chi connectivity index (χ0v) is 17.9. The van der Waals surface area contributed by atoms with Crippen LogP contribution in [0.1, 0.15) is 17.8 Å². The molecule has 0 atom stereocenters. The molecular weight excluding hydrogens is 440 g/mol. The summed E-state index contributed by atoms with van der Waals surface area (Å²) in [6.45, 7) is 0.359. The van der Waals surface area contributed by atoms with E-state index in [-0.39, 0.29) is 23.0 Å². The third-order valence-corrected chi connectivity index (χ3v) is 6.94. The number of aromatic nitrogens is 3. The number of rotatable bonds is 9. The van der Waals surface area contributed by atoms with Gasteiger partial charge in [0.1, 0.15) is 27.5 Å². The smallest absolute Gasteiger partial charge is 0.224 e. The number of nitrogens with zero attached hydrogens (tertiary/aromatic N) is 3. The summed E-state index contributed by atoms with van der Waals surface area (Å²) in [5.74, 6) is 0.299. The summed E-state index contributed by atoms with van der Waals surface area (Å²) in [5, 5.41) is 12.5. The normalized spacial score (nSPS) is 11.5. The zero-order chi connectivity index (χ0) is 21.7. The summed E-state index contributed by atoms with van der Waals surface area (Å²) in [6, 6.07) is 11.3. The first-order valence-corrected chi connectivity index (χ1v) is 11.9. The molecule has 9 nitrogen and oxygen atoms in total. The van der Waals surface area contributed by atoms with Gasteiger partial charge in [0.25, 0.3) is 0 Å². The van der Waals surface area contributed by atoms with Gasteiger partial charge in [0, 0.05) is 29.8 Å². The highest BCUT2D eigenvalue weighted by Crippen LogP contribution is 2.20. The van der Waals surface area contributed by atoms with Gasteiger partial charge in [-0.05, 0) is 53.1 Å². The lowest BCUT2D eigenvalue weighted by atomic mass is 10.2. The maximum Gasteiger partial charge on any atom is 0.224 e. The maximum absolute atomic E-state index is 12.4. The Hall–Kier alpha value is -3.31. The standard InChI is InChI=1S/C20H18N4O5S2/c25-19(2-1-10-28-15-5-8-17-18(12-15)24-29-23-17)22-14-3-6-16(7-4-14)31(26,27)13-20-21-9-11-30-20/h3-9,11-12H,1-2,10,13H2,(H,22,25). The van der Waals surface area contributed by atoms with Crippen molar-refractivity contribution < 1.29 is 22.6 Å². The number of carbonyl (C=O) groups excluding carboxylic acids is 1. The molecule has 4 aromatic rings. The Balaban J connectivity index is 1.23. The van der Waals surface area contributed by atoms with Gasteiger partial charge < -0.3 is 10.1 Å². The Bertz CT molecular complexity index is 1270. The molecule has 31 heavy (non-hydrogen) atoms. The largest absolute Gasteiger partial charge is 0.493 e. The van der Waals surface area contributed by atoms with Crippen molar-refractivity contribution in [1.82, 2.24) is 15.3 Å². The van der Waals surface area contributed by atoms with Crippen molar-refractivity contribution in [1.29, 1.82) is 0 Å². The number of hydrogen-bond acceptors (Lipinski definition) is 9.